The summed E-state index contributed by atoms with van der Waals surface area (Å²) in [6.45, 7) is 12.1. The van der Waals surface area contributed by atoms with E-state index in [0.29, 0.717) is 34.3 Å². The van der Waals surface area contributed by atoms with Gasteiger partial charge in [-0.05, 0) is 132 Å². The summed E-state index contributed by atoms with van der Waals surface area (Å²) in [5.41, 5.74) is 8.26. The number of likely N-dealkylation sites (tertiary alicyclic amines) is 3. The first-order chi connectivity index (χ1) is 35.2. The Hall–Kier alpha value is -6.63. The maximum absolute atomic E-state index is 13.3. The summed E-state index contributed by atoms with van der Waals surface area (Å²) in [7, 11) is 1.50. The lowest BCUT2D eigenvalue weighted by atomic mass is 9.95. The third kappa shape index (κ3) is 11.2. The van der Waals surface area contributed by atoms with Crippen molar-refractivity contribution in [2.45, 2.75) is 82.8 Å². The first-order valence-corrected chi connectivity index (χ1v) is 26.0. The van der Waals surface area contributed by atoms with Crippen LogP contribution in [-0.2, 0) is 16.1 Å². The van der Waals surface area contributed by atoms with E-state index in [0.717, 1.165) is 144 Å². The molecule has 0 saturated carbocycles. The largest absolute Gasteiger partial charge is 0.457 e. The molecule has 0 aliphatic carbocycles. The van der Waals surface area contributed by atoms with Crippen LogP contribution in [0.1, 0.15) is 95.3 Å². The van der Waals surface area contributed by atoms with Gasteiger partial charge in [-0.2, -0.15) is 5.10 Å². The standard InChI is InChI=1S/C34H47N7O5.C19H17N3O2.CH5N/c42-30-7-6-29(31(43)35-30)41-32(44)27-5-4-26(22-28(27)33(41)45)38-20-18-36(19-21-38)23-24-8-14-39(15-9-24)34(46)40-16-10-25(11-17-40)37-12-2-1-3-13-37;23-13-17-18(21-22-12-4-11-20-19(17)22)14-7-9-16(10-8-14)24-15-5-2-1-3-6-15;1-2/h4-5,22,24-25,29H,1-3,6-21,23H2,(H,35,42,43);1-3,5-10,13,20H,4,11-12H2;2H2,1H3. The number of piperidine rings is 4. The number of rotatable bonds is 9. The lowest BCUT2D eigenvalue weighted by Gasteiger charge is -2.43. The van der Waals surface area contributed by atoms with Crippen molar-refractivity contribution in [3.63, 3.8) is 0 Å². The summed E-state index contributed by atoms with van der Waals surface area (Å²) in [6, 6.07) is 22.6. The van der Waals surface area contributed by atoms with Gasteiger partial charge in [-0.15, -0.1) is 0 Å². The molecule has 11 rings (SSSR count). The third-order valence-corrected chi connectivity index (χ3v) is 15.3. The first kappa shape index (κ1) is 50.3. The number of piperazine rings is 1. The SMILES string of the molecule is CN.O=C1CCC(N2C(=O)c3ccc(N4CCN(CC5CCN(C(=O)N6CCC(N7CCCCC7)CC6)CC5)CC4)cc3C2=O)C(=O)N1.O=Cc1c(-c2ccc(Oc3ccccc3)cc2)nn2c1NCCC2. The van der Waals surface area contributed by atoms with Crippen molar-refractivity contribution in [3.8, 4) is 22.8 Å². The van der Waals surface area contributed by atoms with E-state index in [2.05, 4.69) is 46.0 Å². The highest BCUT2D eigenvalue weighted by atomic mass is 16.5. The second-order valence-corrected chi connectivity index (χ2v) is 19.7. The number of nitrogens with one attached hydrogen (secondary N) is 2. The smallest absolute Gasteiger partial charge is 0.319 e. The van der Waals surface area contributed by atoms with Crippen LogP contribution in [0.2, 0.25) is 0 Å². The topological polar surface area (TPSA) is 199 Å². The molecular weight excluding hydrogens is 915 g/mol. The number of fused-ring (bicyclic) bond motifs is 2. The molecule has 382 valence electrons. The van der Waals surface area contributed by atoms with Crippen molar-refractivity contribution < 1.29 is 33.5 Å². The van der Waals surface area contributed by atoms with Crippen LogP contribution in [0.4, 0.5) is 16.3 Å². The summed E-state index contributed by atoms with van der Waals surface area (Å²) in [5, 5.41) is 10.1. The Morgan fingerprint density at radius 2 is 1.39 bits per heavy atom. The van der Waals surface area contributed by atoms with E-state index in [1.807, 2.05) is 65.3 Å². The molecule has 1 unspecified atom stereocenters. The van der Waals surface area contributed by atoms with E-state index in [9.17, 15) is 28.8 Å². The van der Waals surface area contributed by atoms with E-state index in [4.69, 9.17) is 4.74 Å². The maximum atomic E-state index is 13.3. The molecule has 8 heterocycles. The van der Waals surface area contributed by atoms with Crippen LogP contribution in [0.25, 0.3) is 11.3 Å². The number of aryl methyl sites for hydroxylation is 1. The molecular formula is C54H69N11O7. The van der Waals surface area contributed by atoms with Crippen molar-refractivity contribution >= 4 is 47.5 Å². The number of nitrogens with zero attached hydrogens (tertiary/aromatic N) is 8. The molecule has 0 spiro atoms. The van der Waals surface area contributed by atoms with Crippen molar-refractivity contribution in [2.75, 3.05) is 95.8 Å². The molecule has 5 saturated heterocycles. The minimum Gasteiger partial charge on any atom is -0.457 e. The zero-order valence-electron chi connectivity index (χ0n) is 41.5. The number of ether oxygens (including phenoxy) is 1. The summed E-state index contributed by atoms with van der Waals surface area (Å²) in [6.07, 6.45) is 10.4. The number of hydrogen-bond donors (Lipinski definition) is 3. The Kier molecular flexibility index (Phi) is 16.3. The van der Waals surface area contributed by atoms with Gasteiger partial charge in [0, 0.05) is 95.7 Å². The Morgan fingerprint density at radius 1 is 0.722 bits per heavy atom. The number of para-hydroxylation sites is 1. The number of anilines is 2. The van der Waals surface area contributed by atoms with Crippen molar-refractivity contribution in [1.29, 1.82) is 0 Å². The summed E-state index contributed by atoms with van der Waals surface area (Å²) < 4.78 is 7.67. The average Bonchev–Trinajstić information content (AvgIpc) is 3.93. The Morgan fingerprint density at radius 3 is 2.07 bits per heavy atom. The van der Waals surface area contributed by atoms with Gasteiger partial charge in [0.15, 0.2) is 6.29 Å². The molecule has 18 heteroatoms. The highest BCUT2D eigenvalue weighted by Gasteiger charge is 2.45. The molecule has 72 heavy (non-hydrogen) atoms. The van der Waals surface area contributed by atoms with Crippen LogP contribution in [0.15, 0.2) is 72.8 Å². The number of amides is 6. The number of aldehydes is 1. The van der Waals surface area contributed by atoms with E-state index < -0.39 is 23.8 Å². The molecule has 6 amide bonds. The van der Waals surface area contributed by atoms with E-state index in [-0.39, 0.29) is 24.8 Å². The minimum atomic E-state index is -0.955. The second kappa shape index (κ2) is 23.3. The van der Waals surface area contributed by atoms with E-state index >= 15 is 0 Å². The Balaban J connectivity index is 0.000000206. The molecule has 1 aromatic heterocycles. The fourth-order valence-corrected chi connectivity index (χ4v) is 11.3. The molecule has 0 bridgehead atoms. The molecule has 4 N–H and O–H groups in total. The van der Waals surface area contributed by atoms with Gasteiger partial charge in [0.05, 0.1) is 16.7 Å². The normalized spacial score (nSPS) is 21.1. The molecule has 5 fully saturated rings. The Bertz CT molecular complexity index is 2560. The number of carbonyl (C=O) groups excluding carboxylic acids is 6. The van der Waals surface area contributed by atoms with Gasteiger partial charge < -0.3 is 35.4 Å². The predicted molar refractivity (Wildman–Crippen MR) is 274 cm³/mol. The number of imide groups is 2. The lowest BCUT2D eigenvalue weighted by Crippen LogP contribution is -2.54. The second-order valence-electron chi connectivity index (χ2n) is 19.7. The quantitative estimate of drug-likeness (QED) is 0.140. The highest BCUT2D eigenvalue weighted by Crippen LogP contribution is 2.34. The van der Waals surface area contributed by atoms with E-state index in [1.165, 1.54) is 39.4 Å². The molecule has 1 atom stereocenters. The molecule has 0 radical (unpaired) electrons. The van der Waals surface area contributed by atoms with Crippen molar-refractivity contribution in [3.05, 3.63) is 89.5 Å². The van der Waals surface area contributed by atoms with Crippen molar-refractivity contribution in [1.82, 2.24) is 39.6 Å². The minimum absolute atomic E-state index is 0.106. The number of aromatic nitrogens is 2. The molecule has 4 aromatic rings. The van der Waals surface area contributed by atoms with Crippen molar-refractivity contribution in [2.24, 2.45) is 11.7 Å². The highest BCUT2D eigenvalue weighted by molar-refractivity contribution is 6.23. The molecule has 18 nitrogen and oxygen atoms in total. The average molecular weight is 984 g/mol. The van der Waals surface area contributed by atoms with Gasteiger partial charge in [-0.25, -0.2) is 9.48 Å². The van der Waals surface area contributed by atoms with Gasteiger partial charge in [-0.3, -0.25) is 39.1 Å². The van der Waals surface area contributed by atoms with Gasteiger partial charge >= 0.3 is 6.03 Å². The van der Waals surface area contributed by atoms with Crippen LogP contribution < -0.4 is 26.0 Å². The lowest BCUT2D eigenvalue weighted by molar-refractivity contribution is -0.136. The van der Waals surface area contributed by atoms with Crippen LogP contribution in [0.3, 0.4) is 0 Å². The van der Waals surface area contributed by atoms with Crippen LogP contribution >= 0.6 is 0 Å². The summed E-state index contributed by atoms with van der Waals surface area (Å²) >= 11 is 0. The zero-order valence-corrected chi connectivity index (χ0v) is 41.5. The van der Waals surface area contributed by atoms with Gasteiger partial charge in [0.2, 0.25) is 11.8 Å². The number of nitrogens with two attached hydrogens (primary N) is 1. The third-order valence-electron chi connectivity index (χ3n) is 15.3. The molecule has 7 aliphatic heterocycles. The number of urea groups is 1. The zero-order chi connectivity index (χ0) is 50.1. The van der Waals surface area contributed by atoms with Gasteiger partial charge in [0.25, 0.3) is 11.8 Å². The maximum Gasteiger partial charge on any atom is 0.319 e. The summed E-state index contributed by atoms with van der Waals surface area (Å²) in [4.78, 5) is 87.7. The van der Waals surface area contributed by atoms with Crippen LogP contribution in [0, 0.1) is 5.92 Å². The number of hydrogen-bond acceptors (Lipinski definition) is 13. The monoisotopic (exact) mass is 984 g/mol. The fourth-order valence-electron chi connectivity index (χ4n) is 11.3. The Labute approximate surface area is 421 Å². The number of benzene rings is 3. The first-order valence-electron chi connectivity index (χ1n) is 26.0. The molecule has 7 aliphatic rings. The van der Waals surface area contributed by atoms with Crippen LogP contribution in [-0.4, -0.2) is 168 Å². The fraction of sp³-hybridized carbons (Fsp3) is 0.500. The van der Waals surface area contributed by atoms with Gasteiger partial charge in [-0.1, -0.05) is 24.6 Å². The van der Waals surface area contributed by atoms with Gasteiger partial charge in [0.1, 0.15) is 29.1 Å². The number of carbonyl (C=O) groups is 6. The predicted octanol–water partition coefficient (Wildman–Crippen LogP) is 5.54. The van der Waals surface area contributed by atoms with Crippen LogP contribution in [0.5, 0.6) is 11.5 Å². The molecule has 3 aromatic carbocycles. The van der Waals surface area contributed by atoms with E-state index in [1.54, 1.807) is 12.1 Å². The summed E-state index contributed by atoms with van der Waals surface area (Å²) in [5.74, 6) is 1.02.